The highest BCUT2D eigenvalue weighted by atomic mass is 32.2. The number of nitriles is 1. The SMILES string of the molecule is CCSc1nsc(NC(=O)C(C#N)=Cc2ccc(OCCOc3ccccc3)c(OC)c2)n1. The fraction of sp³-hybridized carbons (Fsp3) is 0.217. The highest BCUT2D eigenvalue weighted by molar-refractivity contribution is 7.99. The number of aromatic nitrogens is 2. The van der Waals surface area contributed by atoms with E-state index in [1.165, 1.54) is 24.9 Å². The molecule has 0 saturated heterocycles. The maximum atomic E-state index is 12.5. The van der Waals surface area contributed by atoms with Crippen molar-refractivity contribution in [3.8, 4) is 23.3 Å². The average Bonchev–Trinajstić information content (AvgIpc) is 3.28. The zero-order chi connectivity index (χ0) is 23.5. The largest absolute Gasteiger partial charge is 0.493 e. The van der Waals surface area contributed by atoms with Crippen molar-refractivity contribution in [3.63, 3.8) is 0 Å². The number of rotatable bonds is 11. The fourth-order valence-electron chi connectivity index (χ4n) is 2.65. The van der Waals surface area contributed by atoms with Crippen molar-refractivity contribution >= 4 is 40.4 Å². The minimum Gasteiger partial charge on any atom is -0.493 e. The molecule has 170 valence electrons. The first-order valence-corrected chi connectivity index (χ1v) is 11.8. The van der Waals surface area contributed by atoms with E-state index < -0.39 is 5.91 Å². The molecule has 1 heterocycles. The molecule has 0 radical (unpaired) electrons. The lowest BCUT2D eigenvalue weighted by atomic mass is 10.1. The summed E-state index contributed by atoms with van der Waals surface area (Å²) in [6.07, 6.45) is 1.48. The molecule has 0 atom stereocenters. The molecular weight excluding hydrogens is 460 g/mol. The lowest BCUT2D eigenvalue weighted by molar-refractivity contribution is -0.112. The number of hydrogen-bond acceptors (Lipinski definition) is 9. The summed E-state index contributed by atoms with van der Waals surface area (Å²) >= 11 is 2.55. The molecule has 0 aliphatic heterocycles. The molecule has 0 spiro atoms. The van der Waals surface area contributed by atoms with Gasteiger partial charge in [-0.3, -0.25) is 10.1 Å². The molecule has 0 saturated carbocycles. The number of ether oxygens (including phenoxy) is 3. The van der Waals surface area contributed by atoms with Crippen LogP contribution in [-0.4, -0.2) is 41.3 Å². The Kier molecular flexibility index (Phi) is 9.11. The Balaban J connectivity index is 1.62. The standard InChI is InChI=1S/C23H22N4O4S2/c1-3-32-23-26-22(33-27-23)25-21(28)17(15-24)13-16-9-10-19(20(14-16)29-2)31-12-11-30-18-7-5-4-6-8-18/h4-10,13-14H,3,11-12H2,1-2H3,(H,25,26,27,28). The summed E-state index contributed by atoms with van der Waals surface area (Å²) in [5.41, 5.74) is 0.549. The van der Waals surface area contributed by atoms with Crippen molar-refractivity contribution in [1.29, 1.82) is 5.26 Å². The van der Waals surface area contributed by atoms with Gasteiger partial charge >= 0.3 is 0 Å². The van der Waals surface area contributed by atoms with Crippen LogP contribution in [0.5, 0.6) is 17.2 Å². The summed E-state index contributed by atoms with van der Waals surface area (Å²) in [5, 5.41) is 13.0. The normalized spacial score (nSPS) is 10.9. The highest BCUT2D eigenvalue weighted by Gasteiger charge is 2.14. The molecule has 0 aliphatic carbocycles. The number of carbonyl (C=O) groups is 1. The Hall–Kier alpha value is -3.55. The fourth-order valence-corrected chi connectivity index (χ4v) is 3.91. The highest BCUT2D eigenvalue weighted by Crippen LogP contribution is 2.29. The average molecular weight is 483 g/mol. The van der Waals surface area contributed by atoms with Crippen molar-refractivity contribution < 1.29 is 19.0 Å². The Bertz CT molecular complexity index is 1140. The molecule has 3 aromatic rings. The van der Waals surface area contributed by atoms with Gasteiger partial charge in [-0.15, -0.1) is 0 Å². The number of hydrogen-bond donors (Lipinski definition) is 1. The van der Waals surface area contributed by atoms with E-state index in [-0.39, 0.29) is 5.57 Å². The third-order valence-corrected chi connectivity index (χ3v) is 5.59. The van der Waals surface area contributed by atoms with Crippen molar-refractivity contribution in [2.24, 2.45) is 0 Å². The maximum Gasteiger partial charge on any atom is 0.268 e. The second-order valence-corrected chi connectivity index (χ2v) is 8.34. The number of nitrogens with zero attached hydrogens (tertiary/aromatic N) is 3. The maximum absolute atomic E-state index is 12.5. The first-order chi connectivity index (χ1) is 16.1. The topological polar surface area (TPSA) is 106 Å². The summed E-state index contributed by atoms with van der Waals surface area (Å²) in [6.45, 7) is 2.69. The summed E-state index contributed by atoms with van der Waals surface area (Å²) < 4.78 is 20.9. The van der Waals surface area contributed by atoms with E-state index in [1.807, 2.05) is 43.3 Å². The number of benzene rings is 2. The zero-order valence-electron chi connectivity index (χ0n) is 18.1. The predicted molar refractivity (Wildman–Crippen MR) is 129 cm³/mol. The van der Waals surface area contributed by atoms with Crippen molar-refractivity contribution in [1.82, 2.24) is 9.36 Å². The van der Waals surface area contributed by atoms with E-state index in [0.29, 0.717) is 40.6 Å². The van der Waals surface area contributed by atoms with E-state index in [0.717, 1.165) is 23.0 Å². The van der Waals surface area contributed by atoms with Crippen LogP contribution in [-0.2, 0) is 4.79 Å². The minimum absolute atomic E-state index is 0.0677. The van der Waals surface area contributed by atoms with Gasteiger partial charge in [-0.1, -0.05) is 43.0 Å². The van der Waals surface area contributed by atoms with Crippen LogP contribution in [0.15, 0.2) is 59.3 Å². The van der Waals surface area contributed by atoms with E-state index in [2.05, 4.69) is 14.7 Å². The molecule has 8 nitrogen and oxygen atoms in total. The van der Waals surface area contributed by atoms with Gasteiger partial charge in [-0.25, -0.2) is 0 Å². The number of methoxy groups -OCH3 is 1. The molecule has 1 N–H and O–H groups in total. The van der Waals surface area contributed by atoms with Gasteiger partial charge in [-0.05, 0) is 41.7 Å². The molecule has 2 aromatic carbocycles. The molecule has 10 heteroatoms. The van der Waals surface area contributed by atoms with Crippen molar-refractivity contribution in [2.45, 2.75) is 12.1 Å². The van der Waals surface area contributed by atoms with E-state index in [9.17, 15) is 10.1 Å². The Morgan fingerprint density at radius 3 is 2.70 bits per heavy atom. The van der Waals surface area contributed by atoms with Crippen molar-refractivity contribution in [2.75, 3.05) is 31.4 Å². The van der Waals surface area contributed by atoms with Crippen LogP contribution < -0.4 is 19.5 Å². The lowest BCUT2D eigenvalue weighted by Crippen LogP contribution is -2.13. The smallest absolute Gasteiger partial charge is 0.268 e. The van der Waals surface area contributed by atoms with Gasteiger partial charge in [0.2, 0.25) is 10.3 Å². The van der Waals surface area contributed by atoms with E-state index in [1.54, 1.807) is 18.2 Å². The summed E-state index contributed by atoms with van der Waals surface area (Å²) in [5.74, 6) is 2.05. The Morgan fingerprint density at radius 2 is 1.97 bits per heavy atom. The van der Waals surface area contributed by atoms with Crippen LogP contribution in [0.2, 0.25) is 0 Å². The third kappa shape index (κ3) is 7.24. The van der Waals surface area contributed by atoms with E-state index in [4.69, 9.17) is 14.2 Å². The van der Waals surface area contributed by atoms with Crippen molar-refractivity contribution in [3.05, 3.63) is 59.7 Å². The zero-order valence-corrected chi connectivity index (χ0v) is 19.7. The molecular formula is C23H22N4O4S2. The number of carbonyl (C=O) groups excluding carboxylic acids is 1. The quantitative estimate of drug-likeness (QED) is 0.182. The van der Waals surface area contributed by atoms with E-state index >= 15 is 0 Å². The van der Waals surface area contributed by atoms with Gasteiger partial charge < -0.3 is 14.2 Å². The van der Waals surface area contributed by atoms with Crippen LogP contribution in [0.4, 0.5) is 5.13 Å². The van der Waals surface area contributed by atoms with Gasteiger partial charge in [-0.2, -0.15) is 14.6 Å². The van der Waals surface area contributed by atoms with Gasteiger partial charge in [0.15, 0.2) is 11.5 Å². The first kappa shape index (κ1) is 24.1. The molecule has 0 bridgehead atoms. The molecule has 0 fully saturated rings. The number of para-hydroxylation sites is 1. The summed E-state index contributed by atoms with van der Waals surface area (Å²) in [4.78, 5) is 16.7. The predicted octanol–water partition coefficient (Wildman–Crippen LogP) is 4.66. The molecule has 0 unspecified atom stereocenters. The lowest BCUT2D eigenvalue weighted by Gasteiger charge is -2.12. The monoisotopic (exact) mass is 482 g/mol. The first-order valence-electron chi connectivity index (χ1n) is 10.0. The number of amides is 1. The molecule has 1 aromatic heterocycles. The van der Waals surface area contributed by atoms with Gasteiger partial charge in [0.05, 0.1) is 7.11 Å². The second-order valence-electron chi connectivity index (χ2n) is 6.36. The molecule has 33 heavy (non-hydrogen) atoms. The number of thioether (sulfide) groups is 1. The molecule has 1 amide bonds. The minimum atomic E-state index is -0.556. The van der Waals surface area contributed by atoms with Gasteiger partial charge in [0.1, 0.15) is 30.6 Å². The van der Waals surface area contributed by atoms with Crippen LogP contribution >= 0.6 is 23.3 Å². The second kappa shape index (κ2) is 12.5. The Labute approximate surface area is 200 Å². The summed E-state index contributed by atoms with van der Waals surface area (Å²) in [7, 11) is 1.52. The van der Waals surface area contributed by atoms with Crippen LogP contribution in [0.1, 0.15) is 12.5 Å². The van der Waals surface area contributed by atoms with Crippen LogP contribution in [0.25, 0.3) is 6.08 Å². The van der Waals surface area contributed by atoms with Crippen LogP contribution in [0.3, 0.4) is 0 Å². The third-order valence-electron chi connectivity index (χ3n) is 4.12. The molecule has 0 aliphatic rings. The van der Waals surface area contributed by atoms with Gasteiger partial charge in [0, 0.05) is 11.5 Å². The van der Waals surface area contributed by atoms with Crippen LogP contribution in [0, 0.1) is 11.3 Å². The number of anilines is 1. The number of nitrogens with one attached hydrogen (secondary N) is 1. The Morgan fingerprint density at radius 1 is 1.18 bits per heavy atom. The molecule has 3 rings (SSSR count). The van der Waals surface area contributed by atoms with Gasteiger partial charge in [0.25, 0.3) is 5.91 Å². The summed E-state index contributed by atoms with van der Waals surface area (Å²) in [6, 6.07) is 16.5.